The van der Waals surface area contributed by atoms with Crippen molar-refractivity contribution in [3.63, 3.8) is 0 Å². The van der Waals surface area contributed by atoms with Gasteiger partial charge in [-0.25, -0.2) is 0 Å². The largest absolute Gasteiger partial charge is 0.468 e. The maximum atomic E-state index is 7.88. The van der Waals surface area contributed by atoms with E-state index in [1.54, 1.807) is 0 Å². The number of fused-ring (bicyclic) bond motifs is 8. The second-order valence-electron chi connectivity index (χ2n) is 32.5. The molecule has 9 aromatic rings. The molecular formula is C81H92BN3O. The molecule has 0 unspecified atom stereocenters. The molecule has 0 spiro atoms. The lowest BCUT2D eigenvalue weighted by Gasteiger charge is -2.47. The van der Waals surface area contributed by atoms with Crippen LogP contribution in [0.1, 0.15) is 207 Å². The van der Waals surface area contributed by atoms with Crippen molar-refractivity contribution in [2.75, 3.05) is 14.7 Å². The van der Waals surface area contributed by atoms with E-state index in [0.29, 0.717) is 0 Å². The van der Waals surface area contributed by atoms with Gasteiger partial charge in [0.15, 0.2) is 0 Å². The van der Waals surface area contributed by atoms with Crippen molar-refractivity contribution in [2.45, 2.75) is 201 Å². The first-order valence-corrected chi connectivity index (χ1v) is 32.1. The molecule has 8 aromatic carbocycles. The molecule has 0 bridgehead atoms. The Bertz CT molecular complexity index is 4100. The molecule has 4 nitrogen and oxygen atoms in total. The van der Waals surface area contributed by atoms with E-state index in [2.05, 4.69) is 310 Å². The Kier molecular flexibility index (Phi) is 13.0. The first-order chi connectivity index (χ1) is 40.2. The molecule has 0 saturated carbocycles. The molecule has 0 radical (unpaired) electrons. The molecule has 2 aliphatic heterocycles. The second kappa shape index (κ2) is 19.4. The fourth-order valence-corrected chi connectivity index (χ4v) is 15.1. The van der Waals surface area contributed by atoms with Crippen LogP contribution in [-0.2, 0) is 43.3 Å². The Morgan fingerprint density at radius 2 is 0.849 bits per heavy atom. The molecular weight excluding hydrogens is 1040 g/mol. The van der Waals surface area contributed by atoms with Crippen molar-refractivity contribution in [3.8, 4) is 0 Å². The van der Waals surface area contributed by atoms with Crippen molar-refractivity contribution >= 4 is 85.5 Å². The molecule has 0 amide bonds. The Labute approximate surface area is 516 Å². The molecule has 4 aliphatic rings. The lowest BCUT2D eigenvalue weighted by Crippen LogP contribution is -2.61. The van der Waals surface area contributed by atoms with Crippen LogP contribution in [0.5, 0.6) is 0 Å². The van der Waals surface area contributed by atoms with Crippen LogP contribution in [0.2, 0.25) is 0 Å². The Morgan fingerprint density at radius 1 is 0.395 bits per heavy atom. The lowest BCUT2D eigenvalue weighted by atomic mass is 9.35. The van der Waals surface area contributed by atoms with Gasteiger partial charge >= 0.3 is 0 Å². The summed E-state index contributed by atoms with van der Waals surface area (Å²) >= 11 is 0. The van der Waals surface area contributed by atoms with E-state index in [4.69, 9.17) is 4.42 Å². The van der Waals surface area contributed by atoms with Crippen LogP contribution in [-0.4, -0.2) is 6.71 Å². The van der Waals surface area contributed by atoms with Gasteiger partial charge in [-0.05, 0) is 203 Å². The van der Waals surface area contributed by atoms with Crippen molar-refractivity contribution in [1.29, 1.82) is 0 Å². The first kappa shape index (κ1) is 57.8. The number of furan rings is 1. The van der Waals surface area contributed by atoms with Crippen LogP contribution in [0.3, 0.4) is 0 Å². The third-order valence-electron chi connectivity index (χ3n) is 21.1. The summed E-state index contributed by atoms with van der Waals surface area (Å²) in [7, 11) is 0. The zero-order valence-corrected chi connectivity index (χ0v) is 55.2. The number of rotatable bonds is 7. The summed E-state index contributed by atoms with van der Waals surface area (Å²) in [5.74, 6) is 0. The SMILES string of the molecule is CC(C)(C)c1ccc(N2c3cc(N(c4ccccc4)c4ccc(C(C)(C)c5ccccc5)cc4)cc4c3B(c3cc5c(cc3N4c3cc(C(C)(C)C)cc(C(C)(C)C)c3)C(C)(C)CCC5(C)C)c3oc4cc5c(cc4c32)C(C)(C)CCC5(C)C)cc1. The summed E-state index contributed by atoms with van der Waals surface area (Å²) in [6.45, 7) is 45.4. The number of hydrogen-bond acceptors (Lipinski definition) is 4. The highest BCUT2D eigenvalue weighted by Gasteiger charge is 2.50. The summed E-state index contributed by atoms with van der Waals surface area (Å²) in [6.07, 6.45) is 4.50. The van der Waals surface area contributed by atoms with Gasteiger partial charge in [-0.1, -0.05) is 216 Å². The van der Waals surface area contributed by atoms with Crippen LogP contribution in [0.25, 0.3) is 11.0 Å². The van der Waals surface area contributed by atoms with Crippen LogP contribution in [0.4, 0.5) is 51.2 Å². The average molecular weight is 1130 g/mol. The van der Waals surface area contributed by atoms with Crippen molar-refractivity contribution < 1.29 is 4.42 Å². The van der Waals surface area contributed by atoms with Crippen molar-refractivity contribution in [2.24, 2.45) is 0 Å². The summed E-state index contributed by atoms with van der Waals surface area (Å²) < 4.78 is 7.88. The molecule has 0 atom stereocenters. The third kappa shape index (κ3) is 9.38. The van der Waals surface area contributed by atoms with Gasteiger partial charge in [0.2, 0.25) is 0 Å². The van der Waals surface area contributed by atoms with Gasteiger partial charge in [0.1, 0.15) is 5.58 Å². The maximum Gasteiger partial charge on any atom is 0.297 e. The quantitative estimate of drug-likeness (QED) is 0.148. The molecule has 5 heteroatoms. The topological polar surface area (TPSA) is 22.9 Å². The predicted molar refractivity (Wildman–Crippen MR) is 370 cm³/mol. The van der Waals surface area contributed by atoms with Crippen LogP contribution in [0, 0.1) is 0 Å². The molecule has 86 heavy (non-hydrogen) atoms. The van der Waals surface area contributed by atoms with E-state index in [1.807, 2.05) is 0 Å². The average Bonchev–Trinajstić information content (AvgIpc) is 1.44. The molecule has 1 aromatic heterocycles. The van der Waals surface area contributed by atoms with E-state index >= 15 is 0 Å². The molecule has 0 saturated heterocycles. The highest BCUT2D eigenvalue weighted by atomic mass is 16.3. The molecule has 3 heterocycles. The fraction of sp³-hybridized carbons (Fsp3) is 0.383. The Hall–Kier alpha value is -7.24. The third-order valence-corrected chi connectivity index (χ3v) is 21.1. The van der Waals surface area contributed by atoms with Gasteiger partial charge in [0, 0.05) is 50.6 Å². The van der Waals surface area contributed by atoms with E-state index in [-0.39, 0.29) is 50.0 Å². The molecule has 13 rings (SSSR count). The van der Waals surface area contributed by atoms with Gasteiger partial charge in [-0.3, -0.25) is 0 Å². The van der Waals surface area contributed by atoms with Crippen molar-refractivity contribution in [1.82, 2.24) is 0 Å². The first-order valence-electron chi connectivity index (χ1n) is 32.1. The summed E-state index contributed by atoms with van der Waals surface area (Å²) in [5.41, 5.74) is 26.5. The smallest absolute Gasteiger partial charge is 0.297 e. The fourth-order valence-electron chi connectivity index (χ4n) is 15.1. The van der Waals surface area contributed by atoms with Gasteiger partial charge in [-0.2, -0.15) is 0 Å². The van der Waals surface area contributed by atoms with Gasteiger partial charge < -0.3 is 19.1 Å². The molecule has 2 aliphatic carbocycles. The summed E-state index contributed by atoms with van der Waals surface area (Å²) in [4.78, 5) is 7.83. The molecule has 0 fully saturated rings. The Balaban J connectivity index is 1.19. The zero-order valence-electron chi connectivity index (χ0n) is 55.2. The number of hydrogen-bond donors (Lipinski definition) is 0. The summed E-state index contributed by atoms with van der Waals surface area (Å²) in [5, 5.41) is 1.18. The number of nitrogens with zero attached hydrogens (tertiary/aromatic N) is 3. The molecule has 0 N–H and O–H groups in total. The van der Waals surface area contributed by atoms with Crippen molar-refractivity contribution in [3.05, 3.63) is 214 Å². The summed E-state index contributed by atoms with van der Waals surface area (Å²) in [6, 6.07) is 63.8. The number of para-hydroxylation sites is 1. The lowest BCUT2D eigenvalue weighted by molar-refractivity contribution is 0.332. The van der Waals surface area contributed by atoms with Crippen LogP contribution < -0.4 is 31.3 Å². The Morgan fingerprint density at radius 3 is 1.38 bits per heavy atom. The minimum Gasteiger partial charge on any atom is -0.468 e. The minimum absolute atomic E-state index is 0.000859. The minimum atomic E-state index is -0.227. The normalized spacial score (nSPS) is 17.4. The van der Waals surface area contributed by atoms with Gasteiger partial charge in [0.05, 0.1) is 17.0 Å². The number of benzene rings is 8. The zero-order chi connectivity index (χ0) is 61.2. The monoisotopic (exact) mass is 1130 g/mol. The van der Waals surface area contributed by atoms with E-state index in [0.717, 1.165) is 71.1 Å². The standard InChI is InChI=1S/C81H92BN3O/c1-74(2,3)51-30-34-58(35-31-51)85-69-46-60(83(56-28-24-21-25-29-56)57-36-32-53(33-37-57)81(18,19)52-26-22-20-23-27-52)45-68-71(69)82(73-72(85)61-47-62-65(50-70(61)86-73)80(16,17)41-38-77(62,10)11)66-48-63-64(79(14,15)40-39-78(63,12)13)49-67(66)84(68)59-43-54(75(4,5)6)42-55(44-59)76(7,8)9/h20-37,42-50H,38-41H2,1-19H3. The van der Waals surface area contributed by atoms with Gasteiger partial charge in [-0.15, -0.1) is 0 Å². The highest BCUT2D eigenvalue weighted by molar-refractivity contribution is 7.00. The number of anilines is 9. The van der Waals surface area contributed by atoms with E-state index in [1.165, 1.54) is 83.4 Å². The molecule has 440 valence electrons. The second-order valence-corrected chi connectivity index (χ2v) is 32.5. The van der Waals surface area contributed by atoms with Gasteiger partial charge in [0.25, 0.3) is 6.71 Å². The highest BCUT2D eigenvalue weighted by Crippen LogP contribution is 2.55. The maximum absolute atomic E-state index is 7.88. The van der Waals surface area contributed by atoms with Crippen LogP contribution >= 0.6 is 0 Å². The van der Waals surface area contributed by atoms with E-state index in [9.17, 15) is 0 Å². The van der Waals surface area contributed by atoms with Crippen LogP contribution in [0.15, 0.2) is 168 Å². The van der Waals surface area contributed by atoms with E-state index < -0.39 is 0 Å². The predicted octanol–water partition coefficient (Wildman–Crippen LogP) is 20.9.